The number of unbranched alkanes of at least 4 members (excludes halogenated alkanes) is 5. The molecule has 0 bridgehead atoms. The molecule has 5 nitrogen and oxygen atoms in total. The van der Waals surface area contributed by atoms with Crippen LogP contribution in [-0.2, 0) is 9.53 Å². The lowest BCUT2D eigenvalue weighted by molar-refractivity contribution is -0.142. The Bertz CT molecular complexity index is 428. The van der Waals surface area contributed by atoms with Crippen molar-refractivity contribution in [2.75, 3.05) is 46.1 Å². The smallest absolute Gasteiger partial charge is 0.306 e. The summed E-state index contributed by atoms with van der Waals surface area (Å²) in [6.45, 7) is 7.16. The van der Waals surface area contributed by atoms with Gasteiger partial charge in [-0.1, -0.05) is 57.0 Å². The summed E-state index contributed by atoms with van der Waals surface area (Å²) in [4.78, 5) is 28.1. The number of hydrogen-bond donors (Lipinski definition) is 0. The molecule has 0 rings (SSSR count). The molecule has 0 spiro atoms. The number of nitrogens with zero attached hydrogens (tertiary/aromatic N) is 2. The second-order valence-corrected chi connectivity index (χ2v) is 8.41. The molecule has 0 aliphatic rings. The summed E-state index contributed by atoms with van der Waals surface area (Å²) < 4.78 is 5.22. The van der Waals surface area contributed by atoms with Gasteiger partial charge in [-0.2, -0.15) is 0 Å². The summed E-state index contributed by atoms with van der Waals surface area (Å²) >= 11 is 1.40. The molecule has 1 amide bonds. The second-order valence-electron chi connectivity index (χ2n) is 7.37. The fourth-order valence-corrected chi connectivity index (χ4v) is 3.63. The Hall–Kier alpha value is -1.01. The first-order valence-electron chi connectivity index (χ1n) is 10.9. The number of carbonyl (C=O) groups excluding carboxylic acids is 2. The molecule has 0 saturated carbocycles. The van der Waals surface area contributed by atoms with E-state index in [-0.39, 0.29) is 11.2 Å². The predicted molar refractivity (Wildman–Crippen MR) is 121 cm³/mol. The van der Waals surface area contributed by atoms with Crippen molar-refractivity contribution in [3.05, 3.63) is 12.2 Å². The average molecular weight is 415 g/mol. The number of rotatable bonds is 17. The first kappa shape index (κ1) is 27.0. The van der Waals surface area contributed by atoms with Gasteiger partial charge in [0.2, 0.25) is 0 Å². The first-order valence-corrected chi connectivity index (χ1v) is 11.9. The fourth-order valence-electron chi connectivity index (χ4n) is 2.63. The summed E-state index contributed by atoms with van der Waals surface area (Å²) in [6, 6.07) is 0. The highest BCUT2D eigenvalue weighted by Crippen LogP contribution is 2.12. The van der Waals surface area contributed by atoms with Crippen LogP contribution in [0.5, 0.6) is 0 Å². The summed E-state index contributed by atoms with van der Waals surface area (Å²) in [6.07, 6.45) is 12.9. The van der Waals surface area contributed by atoms with Crippen molar-refractivity contribution < 1.29 is 14.3 Å². The average Bonchev–Trinajstić information content (AvgIpc) is 2.65. The Kier molecular flexibility index (Phi) is 18.6. The molecule has 0 N–H and O–H groups in total. The van der Waals surface area contributed by atoms with Gasteiger partial charge in [-0.05, 0) is 46.2 Å². The van der Waals surface area contributed by atoms with Crippen LogP contribution in [0.15, 0.2) is 12.2 Å². The van der Waals surface area contributed by atoms with Crippen LogP contribution in [0.3, 0.4) is 0 Å². The van der Waals surface area contributed by atoms with E-state index in [0.29, 0.717) is 13.0 Å². The summed E-state index contributed by atoms with van der Waals surface area (Å²) in [5, 5.41) is 0.175. The molecule has 0 saturated heterocycles. The van der Waals surface area contributed by atoms with Gasteiger partial charge in [-0.25, -0.2) is 0 Å². The van der Waals surface area contributed by atoms with Gasteiger partial charge in [-0.3, -0.25) is 9.59 Å². The number of allylic oxidation sites excluding steroid dienone is 1. The molecular weight excluding hydrogens is 372 g/mol. The van der Waals surface area contributed by atoms with Gasteiger partial charge in [0, 0.05) is 31.8 Å². The van der Waals surface area contributed by atoms with Gasteiger partial charge in [0.05, 0.1) is 0 Å². The molecule has 0 aliphatic carbocycles. The molecular formula is C22H42N2O3S. The quantitative estimate of drug-likeness (QED) is 0.182. The van der Waals surface area contributed by atoms with Crippen molar-refractivity contribution in [1.29, 1.82) is 0 Å². The number of carbonyl (C=O) groups is 2. The van der Waals surface area contributed by atoms with Gasteiger partial charge < -0.3 is 14.5 Å². The minimum atomic E-state index is -0.126. The molecule has 0 heterocycles. The van der Waals surface area contributed by atoms with Crippen molar-refractivity contribution in [3.8, 4) is 0 Å². The van der Waals surface area contributed by atoms with E-state index in [1.165, 1.54) is 31.0 Å². The Morgan fingerprint density at radius 1 is 0.893 bits per heavy atom. The van der Waals surface area contributed by atoms with Crippen molar-refractivity contribution in [3.63, 3.8) is 0 Å². The Labute approximate surface area is 177 Å². The normalized spacial score (nSPS) is 11.3. The lowest BCUT2D eigenvalue weighted by atomic mass is 10.2. The lowest BCUT2D eigenvalue weighted by Crippen LogP contribution is -2.30. The van der Waals surface area contributed by atoms with E-state index in [1.807, 2.05) is 25.1 Å². The molecule has 0 atom stereocenters. The van der Waals surface area contributed by atoms with Crippen LogP contribution in [0, 0.1) is 0 Å². The van der Waals surface area contributed by atoms with Crippen LogP contribution in [0.1, 0.15) is 71.6 Å². The number of ether oxygens (including phenoxy) is 1. The molecule has 0 unspecified atom stereocenters. The highest BCUT2D eigenvalue weighted by atomic mass is 32.2. The van der Waals surface area contributed by atoms with Crippen molar-refractivity contribution in [1.82, 2.24) is 9.80 Å². The summed E-state index contributed by atoms with van der Waals surface area (Å²) in [5.41, 5.74) is 0. The molecule has 0 aliphatic heterocycles. The molecule has 0 aromatic rings. The van der Waals surface area contributed by atoms with Crippen LogP contribution in [0.2, 0.25) is 0 Å². The molecule has 0 aromatic heterocycles. The van der Waals surface area contributed by atoms with Crippen LogP contribution >= 0.6 is 11.8 Å². The maximum absolute atomic E-state index is 12.3. The third-order valence-electron chi connectivity index (χ3n) is 4.31. The molecule has 28 heavy (non-hydrogen) atoms. The van der Waals surface area contributed by atoms with Gasteiger partial charge in [0.1, 0.15) is 6.61 Å². The predicted octanol–water partition coefficient (Wildman–Crippen LogP) is 5.35. The van der Waals surface area contributed by atoms with Crippen LogP contribution < -0.4 is 0 Å². The third kappa shape index (κ3) is 17.1. The summed E-state index contributed by atoms with van der Waals surface area (Å²) in [7, 11) is 4.04. The van der Waals surface area contributed by atoms with E-state index in [2.05, 4.69) is 24.8 Å². The number of hydrogen-bond acceptors (Lipinski definition) is 5. The van der Waals surface area contributed by atoms with Crippen LogP contribution in [0.25, 0.3) is 0 Å². The Morgan fingerprint density at radius 2 is 1.68 bits per heavy atom. The zero-order chi connectivity index (χ0) is 21.0. The van der Waals surface area contributed by atoms with Gasteiger partial charge in [-0.15, -0.1) is 0 Å². The Balaban J connectivity index is 3.80. The van der Waals surface area contributed by atoms with E-state index in [0.717, 1.165) is 57.5 Å². The maximum Gasteiger partial charge on any atom is 0.306 e. The SMILES string of the molecule is CCCCC/C=C\COC(=O)CCCCCN(CCC)C(=O)SCCN(C)C. The third-order valence-corrected chi connectivity index (χ3v) is 5.20. The van der Waals surface area contributed by atoms with Crippen molar-refractivity contribution in [2.24, 2.45) is 0 Å². The lowest BCUT2D eigenvalue weighted by Gasteiger charge is -2.22. The molecule has 0 aromatic carbocycles. The van der Waals surface area contributed by atoms with Gasteiger partial charge >= 0.3 is 5.97 Å². The Morgan fingerprint density at radius 3 is 2.36 bits per heavy atom. The number of thioether (sulfide) groups is 1. The minimum Gasteiger partial charge on any atom is -0.461 e. The topological polar surface area (TPSA) is 49.9 Å². The summed E-state index contributed by atoms with van der Waals surface area (Å²) in [5.74, 6) is 0.698. The van der Waals surface area contributed by atoms with Crippen LogP contribution in [-0.4, -0.2) is 67.1 Å². The first-order chi connectivity index (χ1) is 13.5. The molecule has 0 fully saturated rings. The highest BCUT2D eigenvalue weighted by molar-refractivity contribution is 8.13. The van der Waals surface area contributed by atoms with Crippen molar-refractivity contribution in [2.45, 2.75) is 71.6 Å². The van der Waals surface area contributed by atoms with Crippen LogP contribution in [0.4, 0.5) is 4.79 Å². The molecule has 0 radical (unpaired) electrons. The van der Waals surface area contributed by atoms with Crippen molar-refractivity contribution >= 4 is 23.0 Å². The number of esters is 1. The molecule has 164 valence electrons. The van der Waals surface area contributed by atoms with E-state index >= 15 is 0 Å². The minimum absolute atomic E-state index is 0.126. The monoisotopic (exact) mass is 414 g/mol. The van der Waals surface area contributed by atoms with E-state index in [4.69, 9.17) is 4.74 Å². The largest absolute Gasteiger partial charge is 0.461 e. The highest BCUT2D eigenvalue weighted by Gasteiger charge is 2.13. The molecule has 6 heteroatoms. The maximum atomic E-state index is 12.3. The van der Waals surface area contributed by atoms with Gasteiger partial charge in [0.15, 0.2) is 0 Å². The number of amides is 1. The fraction of sp³-hybridized carbons (Fsp3) is 0.818. The zero-order valence-corrected chi connectivity index (χ0v) is 19.4. The van der Waals surface area contributed by atoms with E-state index in [1.54, 1.807) is 0 Å². The zero-order valence-electron chi connectivity index (χ0n) is 18.6. The van der Waals surface area contributed by atoms with Gasteiger partial charge in [0.25, 0.3) is 5.24 Å². The second kappa shape index (κ2) is 19.3. The van der Waals surface area contributed by atoms with E-state index < -0.39 is 0 Å². The standard InChI is InChI=1S/C22H42N2O3S/c1-5-7-8-9-10-14-19-27-21(25)15-12-11-13-17-24(16-6-2)22(26)28-20-18-23(3)4/h10,14H,5-9,11-13,15-20H2,1-4H3/b14-10-. The van der Waals surface area contributed by atoms with E-state index in [9.17, 15) is 9.59 Å².